The van der Waals surface area contributed by atoms with E-state index in [0.717, 1.165) is 63.2 Å². The number of amides is 1. The first kappa shape index (κ1) is 32.0. The van der Waals surface area contributed by atoms with Crippen molar-refractivity contribution in [1.82, 2.24) is 14.9 Å². The highest BCUT2D eigenvalue weighted by molar-refractivity contribution is 6.45. The molecule has 2 aliphatic rings. The molecule has 1 saturated heterocycles. The van der Waals surface area contributed by atoms with Gasteiger partial charge in [0.25, 0.3) is 0 Å². The lowest BCUT2D eigenvalue weighted by Gasteiger charge is -2.32. The fraction of sp³-hybridized carbons (Fsp3) is 0.514. The summed E-state index contributed by atoms with van der Waals surface area (Å²) in [4.78, 5) is 24.9. The summed E-state index contributed by atoms with van der Waals surface area (Å²) < 4.78 is 24.1. The predicted octanol–water partition coefficient (Wildman–Crippen LogP) is 7.58. The lowest BCUT2D eigenvalue weighted by molar-refractivity contribution is 0.00578. The van der Waals surface area contributed by atoms with Crippen molar-refractivity contribution in [3.63, 3.8) is 0 Å². The zero-order valence-electron chi connectivity index (χ0n) is 28.0. The van der Waals surface area contributed by atoms with E-state index in [1.54, 1.807) is 12.0 Å². The van der Waals surface area contributed by atoms with Crippen LogP contribution in [0.15, 0.2) is 36.4 Å². The highest BCUT2D eigenvalue weighted by Gasteiger charge is 2.50. The predicted molar refractivity (Wildman–Crippen MR) is 176 cm³/mol. The molecule has 5 rings (SSSR count). The van der Waals surface area contributed by atoms with Crippen LogP contribution in [-0.4, -0.2) is 65.1 Å². The van der Waals surface area contributed by atoms with Crippen molar-refractivity contribution in [3.8, 4) is 17.0 Å². The molecule has 9 heteroatoms. The molecule has 1 amide bonds. The number of carbonyl (C=O) groups is 1. The Morgan fingerprint density at radius 2 is 1.70 bits per heavy atom. The van der Waals surface area contributed by atoms with Crippen molar-refractivity contribution in [1.29, 1.82) is 0 Å². The minimum Gasteiger partial charge on any atom is -0.496 e. The number of fused-ring (bicyclic) bond motifs is 1. The first-order valence-electron chi connectivity index (χ1n) is 15.6. The van der Waals surface area contributed by atoms with Gasteiger partial charge in [-0.15, -0.1) is 0 Å². The van der Waals surface area contributed by atoms with Gasteiger partial charge < -0.3 is 23.7 Å². The van der Waals surface area contributed by atoms with Crippen molar-refractivity contribution in [2.24, 2.45) is 0 Å². The van der Waals surface area contributed by atoms with E-state index >= 15 is 0 Å². The Morgan fingerprint density at radius 3 is 2.36 bits per heavy atom. The third-order valence-electron chi connectivity index (χ3n) is 8.76. The lowest BCUT2D eigenvalue weighted by atomic mass is 9.81. The molecule has 0 N–H and O–H groups in total. The zero-order chi connectivity index (χ0) is 32.0. The molecular weight excluding hydrogens is 553 g/mol. The number of rotatable bonds is 6. The number of nitrogens with zero attached hydrogens (tertiary/aromatic N) is 3. The summed E-state index contributed by atoms with van der Waals surface area (Å²) in [7, 11) is 1.38. The molecule has 1 aromatic carbocycles. The highest BCUT2D eigenvalue weighted by atomic mass is 16.7. The van der Waals surface area contributed by atoms with Gasteiger partial charge in [-0.25, -0.2) is 14.8 Å². The summed E-state index contributed by atoms with van der Waals surface area (Å²) in [6.45, 7) is 19.1. The minimum atomic E-state index is -0.560. The highest BCUT2D eigenvalue weighted by Crippen LogP contribution is 2.39. The summed E-state index contributed by atoms with van der Waals surface area (Å²) in [5, 5.41) is 0.984. The molecule has 0 unspecified atom stereocenters. The molecule has 0 saturated carbocycles. The molecule has 1 fully saturated rings. The average molecular weight is 600 g/mol. The third-order valence-corrected chi connectivity index (χ3v) is 8.76. The molecule has 44 heavy (non-hydrogen) atoms. The number of carbonyl (C=O) groups excluding carboxylic acids is 1. The number of hydrogen-bond acceptors (Lipinski definition) is 7. The SMILES string of the molecule is COc1cc(C)cc(C)c1-c1ccc2c(CCB3OC(C)(C)C(C)(C)O3)cc(C3=CCCN(C(=O)OC(C)(C)C)C3)nc2n1. The molecule has 0 spiro atoms. The summed E-state index contributed by atoms with van der Waals surface area (Å²) in [5.41, 5.74) is 6.22. The van der Waals surface area contributed by atoms with Gasteiger partial charge in [-0.3, -0.25) is 0 Å². The third kappa shape index (κ3) is 6.64. The van der Waals surface area contributed by atoms with Gasteiger partial charge in [-0.05, 0) is 128 Å². The van der Waals surface area contributed by atoms with E-state index in [9.17, 15) is 4.79 Å². The molecule has 234 valence electrons. The van der Waals surface area contributed by atoms with Gasteiger partial charge in [0.05, 0.1) is 36.2 Å². The van der Waals surface area contributed by atoms with E-state index in [1.165, 1.54) is 0 Å². The molecule has 0 bridgehead atoms. The Kier molecular flexibility index (Phi) is 8.59. The Hall–Kier alpha value is -3.43. The number of benzene rings is 1. The van der Waals surface area contributed by atoms with Crippen molar-refractivity contribution in [2.75, 3.05) is 20.2 Å². The zero-order valence-corrected chi connectivity index (χ0v) is 28.0. The van der Waals surface area contributed by atoms with Crippen LogP contribution in [0, 0.1) is 13.8 Å². The summed E-state index contributed by atoms with van der Waals surface area (Å²) in [5.74, 6) is 0.787. The van der Waals surface area contributed by atoms with Gasteiger partial charge >= 0.3 is 13.2 Å². The van der Waals surface area contributed by atoms with Gasteiger partial charge in [0.15, 0.2) is 5.65 Å². The molecule has 3 aromatic rings. The smallest absolute Gasteiger partial charge is 0.458 e. The number of pyridine rings is 2. The maximum Gasteiger partial charge on any atom is 0.458 e. The molecule has 2 aromatic heterocycles. The van der Waals surface area contributed by atoms with Gasteiger partial charge in [-0.1, -0.05) is 12.1 Å². The molecule has 0 atom stereocenters. The Balaban J connectivity index is 1.54. The Morgan fingerprint density at radius 1 is 1.02 bits per heavy atom. The van der Waals surface area contributed by atoms with Crippen LogP contribution in [0.2, 0.25) is 6.32 Å². The number of aryl methyl sites for hydroxylation is 3. The van der Waals surface area contributed by atoms with E-state index < -0.39 is 5.60 Å². The van der Waals surface area contributed by atoms with Gasteiger partial charge in [0.2, 0.25) is 0 Å². The topological polar surface area (TPSA) is 83.0 Å². The van der Waals surface area contributed by atoms with E-state index in [2.05, 4.69) is 65.8 Å². The number of ether oxygens (including phenoxy) is 2. The van der Waals surface area contributed by atoms with Crippen LogP contribution >= 0.6 is 0 Å². The summed E-state index contributed by atoms with van der Waals surface area (Å²) >= 11 is 0. The van der Waals surface area contributed by atoms with Crippen LogP contribution in [0.5, 0.6) is 5.75 Å². The summed E-state index contributed by atoms with van der Waals surface area (Å²) in [6.07, 6.45) is 4.00. The number of aromatic nitrogens is 2. The van der Waals surface area contributed by atoms with Crippen LogP contribution in [-0.2, 0) is 20.5 Å². The first-order valence-corrected chi connectivity index (χ1v) is 15.6. The fourth-order valence-corrected chi connectivity index (χ4v) is 5.87. The second-order valence-corrected chi connectivity index (χ2v) is 14.0. The Labute approximate surface area is 262 Å². The normalized spacial score (nSPS) is 18.0. The number of methoxy groups -OCH3 is 1. The van der Waals surface area contributed by atoms with E-state index in [0.29, 0.717) is 25.1 Å². The van der Waals surface area contributed by atoms with Crippen LogP contribution in [0.3, 0.4) is 0 Å². The second-order valence-electron chi connectivity index (χ2n) is 14.0. The quantitative estimate of drug-likeness (QED) is 0.270. The van der Waals surface area contributed by atoms with Gasteiger partial charge in [0, 0.05) is 17.5 Å². The molecular formula is C35H46BN3O5. The van der Waals surface area contributed by atoms with E-state index in [-0.39, 0.29) is 24.4 Å². The van der Waals surface area contributed by atoms with Crippen molar-refractivity contribution in [2.45, 2.75) is 98.3 Å². The molecule has 4 heterocycles. The lowest BCUT2D eigenvalue weighted by Crippen LogP contribution is -2.41. The standard InChI is InChI=1S/C35H46BN3O5/c1-22-18-23(2)30(29(19-22)41-10)27-14-13-26-24(15-16-36-43-34(6,7)35(8,9)44-36)20-28(38-31(26)37-27)25-12-11-17-39(21-25)32(40)42-33(3,4)5/h12-14,18-20H,11,15-17,21H2,1-10H3. The summed E-state index contributed by atoms with van der Waals surface area (Å²) in [6, 6.07) is 10.5. The van der Waals surface area contributed by atoms with Crippen LogP contribution in [0.25, 0.3) is 27.9 Å². The first-order chi connectivity index (χ1) is 20.6. The van der Waals surface area contributed by atoms with Crippen LogP contribution in [0.4, 0.5) is 4.79 Å². The van der Waals surface area contributed by atoms with Crippen molar-refractivity contribution >= 4 is 29.8 Å². The van der Waals surface area contributed by atoms with E-state index in [1.807, 2.05) is 32.9 Å². The monoisotopic (exact) mass is 599 g/mol. The van der Waals surface area contributed by atoms with Crippen molar-refractivity contribution < 1.29 is 23.6 Å². The van der Waals surface area contributed by atoms with Crippen LogP contribution in [0.1, 0.15) is 77.3 Å². The maximum atomic E-state index is 12.9. The fourth-order valence-electron chi connectivity index (χ4n) is 5.87. The Bertz CT molecular complexity index is 1590. The largest absolute Gasteiger partial charge is 0.496 e. The molecule has 0 radical (unpaired) electrons. The molecule has 0 aliphatic carbocycles. The second kappa shape index (κ2) is 11.8. The molecule has 8 nitrogen and oxygen atoms in total. The van der Waals surface area contributed by atoms with Crippen molar-refractivity contribution in [3.05, 3.63) is 58.8 Å². The minimum absolute atomic E-state index is 0.310. The van der Waals surface area contributed by atoms with Gasteiger partial charge in [-0.2, -0.15) is 0 Å². The molecule has 2 aliphatic heterocycles. The average Bonchev–Trinajstić information content (AvgIpc) is 3.15. The van der Waals surface area contributed by atoms with Crippen LogP contribution < -0.4 is 4.74 Å². The van der Waals surface area contributed by atoms with E-state index in [4.69, 9.17) is 28.8 Å². The number of hydrogen-bond donors (Lipinski definition) is 0. The maximum absolute atomic E-state index is 12.9. The van der Waals surface area contributed by atoms with Gasteiger partial charge in [0.1, 0.15) is 11.4 Å².